The summed E-state index contributed by atoms with van der Waals surface area (Å²) in [6.07, 6.45) is 2.96. The Morgan fingerprint density at radius 2 is 2.09 bits per heavy atom. The normalized spacial score (nSPS) is 24.2. The molecular weight excluding hydrogens is 405 g/mol. The number of piperazine rings is 1. The summed E-state index contributed by atoms with van der Waals surface area (Å²) in [5.41, 5.74) is 1.52. The Morgan fingerprint density at radius 3 is 2.61 bits per heavy atom. The Bertz CT molecular complexity index is 509. The lowest BCUT2D eigenvalue weighted by Gasteiger charge is -2.36. The highest BCUT2D eigenvalue weighted by Crippen LogP contribution is 2.50. The van der Waals surface area contributed by atoms with Gasteiger partial charge in [0.2, 0.25) is 0 Å². The van der Waals surface area contributed by atoms with Crippen LogP contribution in [-0.2, 0) is 6.54 Å². The first-order chi connectivity index (χ1) is 10.6. The van der Waals surface area contributed by atoms with E-state index in [1.165, 1.54) is 6.42 Å². The van der Waals surface area contributed by atoms with Gasteiger partial charge in [-0.15, -0.1) is 24.0 Å². The molecule has 1 aliphatic carbocycles. The van der Waals surface area contributed by atoms with E-state index in [4.69, 9.17) is 4.52 Å². The topological polar surface area (TPSA) is 56.9 Å². The molecule has 2 fully saturated rings. The molecule has 0 spiro atoms. The number of rotatable bonds is 4. The van der Waals surface area contributed by atoms with Crippen molar-refractivity contribution >= 4 is 29.9 Å². The number of nitrogens with one attached hydrogen (secondary N) is 1. The molecule has 1 N–H and O–H groups in total. The van der Waals surface area contributed by atoms with E-state index in [0.29, 0.717) is 5.41 Å². The van der Waals surface area contributed by atoms with E-state index in [0.717, 1.165) is 56.8 Å². The maximum Gasteiger partial charge on any atom is 0.193 e. The largest absolute Gasteiger partial charge is 0.364 e. The van der Waals surface area contributed by atoms with Crippen LogP contribution in [0.2, 0.25) is 0 Å². The second-order valence-corrected chi connectivity index (χ2v) is 7.07. The van der Waals surface area contributed by atoms with Crippen molar-refractivity contribution < 1.29 is 4.52 Å². The van der Waals surface area contributed by atoms with Gasteiger partial charge in [0.25, 0.3) is 0 Å². The zero-order valence-electron chi connectivity index (χ0n) is 14.3. The zero-order valence-corrected chi connectivity index (χ0v) is 16.6. The first-order valence-corrected chi connectivity index (χ1v) is 8.16. The van der Waals surface area contributed by atoms with Gasteiger partial charge in [0.1, 0.15) is 6.26 Å². The molecule has 1 atom stereocenters. The molecule has 2 heterocycles. The smallest absolute Gasteiger partial charge is 0.193 e. The Kier molecular flexibility index (Phi) is 6.30. The number of hydrogen-bond acceptors (Lipinski definition) is 4. The highest BCUT2D eigenvalue weighted by Gasteiger charge is 2.45. The predicted octanol–water partition coefficient (Wildman–Crippen LogP) is 2.03. The van der Waals surface area contributed by atoms with Crippen LogP contribution < -0.4 is 5.32 Å². The van der Waals surface area contributed by atoms with Crippen LogP contribution >= 0.6 is 24.0 Å². The maximum absolute atomic E-state index is 4.89. The summed E-state index contributed by atoms with van der Waals surface area (Å²) in [6.45, 7) is 10.7. The van der Waals surface area contributed by atoms with E-state index in [9.17, 15) is 0 Å². The van der Waals surface area contributed by atoms with Gasteiger partial charge in [0.15, 0.2) is 5.96 Å². The van der Waals surface area contributed by atoms with Crippen molar-refractivity contribution in [1.29, 1.82) is 0 Å². The molecular formula is C16H28IN5O. The standard InChI is InChI=1S/C16H27N5O.HI/c1-16(2)10-13(16)11-18-15(17-3)21-7-5-20(6-8-21)12-14-4-9-22-19-14;/h4,9,13H,5-8,10-12H2,1-3H3,(H,17,18);1H. The molecule has 0 bridgehead atoms. The summed E-state index contributed by atoms with van der Waals surface area (Å²) in [4.78, 5) is 9.21. The number of nitrogens with zero attached hydrogens (tertiary/aromatic N) is 4. The van der Waals surface area contributed by atoms with Gasteiger partial charge in [0.05, 0.1) is 5.69 Å². The van der Waals surface area contributed by atoms with Crippen LogP contribution in [0, 0.1) is 11.3 Å². The molecule has 0 amide bonds. The number of aliphatic imine (C=N–C) groups is 1. The van der Waals surface area contributed by atoms with E-state index < -0.39 is 0 Å². The SMILES string of the molecule is CN=C(NCC1CC1(C)C)N1CCN(Cc2ccon2)CC1.I. The average Bonchev–Trinajstić information content (AvgIpc) is 2.89. The van der Waals surface area contributed by atoms with Crippen LogP contribution in [0.25, 0.3) is 0 Å². The van der Waals surface area contributed by atoms with E-state index in [-0.39, 0.29) is 24.0 Å². The Morgan fingerprint density at radius 1 is 1.39 bits per heavy atom. The molecule has 6 nitrogen and oxygen atoms in total. The monoisotopic (exact) mass is 433 g/mol. The lowest BCUT2D eigenvalue weighted by molar-refractivity contribution is 0.169. The third-order valence-electron chi connectivity index (χ3n) is 4.98. The molecule has 1 aromatic rings. The van der Waals surface area contributed by atoms with Crippen LogP contribution in [0.1, 0.15) is 26.0 Å². The molecule has 0 radical (unpaired) electrons. The summed E-state index contributed by atoms with van der Waals surface area (Å²) in [5.74, 6) is 1.83. The van der Waals surface area contributed by atoms with Gasteiger partial charge in [0, 0.05) is 52.4 Å². The summed E-state index contributed by atoms with van der Waals surface area (Å²) < 4.78 is 4.89. The van der Waals surface area contributed by atoms with Gasteiger partial charge in [-0.25, -0.2) is 0 Å². The minimum atomic E-state index is 0. The number of aromatic nitrogens is 1. The van der Waals surface area contributed by atoms with Gasteiger partial charge in [-0.1, -0.05) is 19.0 Å². The van der Waals surface area contributed by atoms with Crippen LogP contribution in [0.15, 0.2) is 21.8 Å². The highest BCUT2D eigenvalue weighted by molar-refractivity contribution is 14.0. The Hall–Kier alpha value is -0.830. The molecule has 1 saturated heterocycles. The molecule has 7 heteroatoms. The quantitative estimate of drug-likeness (QED) is 0.448. The molecule has 130 valence electrons. The number of halogens is 1. The van der Waals surface area contributed by atoms with Crippen molar-refractivity contribution in [2.75, 3.05) is 39.8 Å². The summed E-state index contributed by atoms with van der Waals surface area (Å²) in [6, 6.07) is 1.93. The molecule has 23 heavy (non-hydrogen) atoms. The second kappa shape index (κ2) is 7.83. The minimum Gasteiger partial charge on any atom is -0.364 e. The fourth-order valence-corrected chi connectivity index (χ4v) is 3.14. The van der Waals surface area contributed by atoms with E-state index in [1.807, 2.05) is 13.1 Å². The van der Waals surface area contributed by atoms with Gasteiger partial charge in [-0.3, -0.25) is 9.89 Å². The van der Waals surface area contributed by atoms with Crippen molar-refractivity contribution in [2.24, 2.45) is 16.3 Å². The minimum absolute atomic E-state index is 0. The average molecular weight is 433 g/mol. The zero-order chi connectivity index (χ0) is 15.6. The Labute approximate surface area is 155 Å². The summed E-state index contributed by atoms with van der Waals surface area (Å²) in [7, 11) is 1.88. The maximum atomic E-state index is 4.89. The van der Waals surface area contributed by atoms with Gasteiger partial charge < -0.3 is 14.7 Å². The molecule has 3 rings (SSSR count). The lowest BCUT2D eigenvalue weighted by Crippen LogP contribution is -2.52. The van der Waals surface area contributed by atoms with E-state index >= 15 is 0 Å². The van der Waals surface area contributed by atoms with Crippen LogP contribution in [0.5, 0.6) is 0 Å². The molecule has 0 aromatic carbocycles. The second-order valence-electron chi connectivity index (χ2n) is 7.07. The predicted molar refractivity (Wildman–Crippen MR) is 102 cm³/mol. The fourth-order valence-electron chi connectivity index (χ4n) is 3.14. The van der Waals surface area contributed by atoms with Crippen LogP contribution in [0.4, 0.5) is 0 Å². The van der Waals surface area contributed by atoms with Gasteiger partial charge in [-0.2, -0.15) is 0 Å². The fraction of sp³-hybridized carbons (Fsp3) is 0.750. The van der Waals surface area contributed by atoms with Crippen molar-refractivity contribution in [3.63, 3.8) is 0 Å². The van der Waals surface area contributed by atoms with Gasteiger partial charge in [-0.05, 0) is 17.8 Å². The number of guanidine groups is 1. The molecule has 1 unspecified atom stereocenters. The number of hydrogen-bond donors (Lipinski definition) is 1. The highest BCUT2D eigenvalue weighted by atomic mass is 127. The van der Waals surface area contributed by atoms with Crippen molar-refractivity contribution in [1.82, 2.24) is 20.3 Å². The molecule has 2 aliphatic rings. The summed E-state index contributed by atoms with van der Waals surface area (Å²) >= 11 is 0. The lowest BCUT2D eigenvalue weighted by atomic mass is 10.1. The molecule has 1 saturated carbocycles. The molecule has 1 aliphatic heterocycles. The van der Waals surface area contributed by atoms with Crippen molar-refractivity contribution in [3.8, 4) is 0 Å². The van der Waals surface area contributed by atoms with E-state index in [1.54, 1.807) is 6.26 Å². The van der Waals surface area contributed by atoms with E-state index in [2.05, 4.69) is 39.1 Å². The third-order valence-corrected chi connectivity index (χ3v) is 4.98. The first-order valence-electron chi connectivity index (χ1n) is 8.16. The first kappa shape index (κ1) is 18.5. The molecule has 1 aromatic heterocycles. The Balaban J connectivity index is 0.00000192. The van der Waals surface area contributed by atoms with Crippen molar-refractivity contribution in [2.45, 2.75) is 26.8 Å². The third kappa shape index (κ3) is 4.82. The van der Waals surface area contributed by atoms with Crippen molar-refractivity contribution in [3.05, 3.63) is 18.0 Å². The van der Waals surface area contributed by atoms with Gasteiger partial charge >= 0.3 is 0 Å². The van der Waals surface area contributed by atoms with Crippen LogP contribution in [0.3, 0.4) is 0 Å². The van der Waals surface area contributed by atoms with Crippen LogP contribution in [-0.4, -0.2) is 60.7 Å². The summed E-state index contributed by atoms with van der Waals surface area (Å²) in [5, 5.41) is 7.53.